The number of aromatic nitrogens is 2. The van der Waals surface area contributed by atoms with Crippen LogP contribution in [-0.2, 0) is 22.5 Å². The minimum absolute atomic E-state index is 0.0991. The molecular formula is C23H21Cl2N3O4. The molecule has 1 unspecified atom stereocenters. The lowest BCUT2D eigenvalue weighted by molar-refractivity contribution is -0.123. The lowest BCUT2D eigenvalue weighted by Gasteiger charge is -2.15. The molecule has 1 aliphatic rings. The molecule has 166 valence electrons. The van der Waals surface area contributed by atoms with Gasteiger partial charge in [-0.2, -0.15) is 0 Å². The van der Waals surface area contributed by atoms with Crippen LogP contribution in [0.1, 0.15) is 42.4 Å². The van der Waals surface area contributed by atoms with E-state index in [1.165, 1.54) is 25.1 Å². The van der Waals surface area contributed by atoms with Crippen molar-refractivity contribution in [1.82, 2.24) is 9.55 Å². The van der Waals surface area contributed by atoms with Gasteiger partial charge in [0.15, 0.2) is 6.10 Å². The standard InChI is InChI=1S/C23H21Cl2N3O4/c1-13(21(29)27-19-12-15(24)7-9-17(19)25)32-23(31)14-6-8-16-18(11-14)26-20-5-3-2-4-10-28(20)22(16)30/h6-9,11-13H,2-5,10H2,1H3,(H,27,29). The first-order valence-corrected chi connectivity index (χ1v) is 11.1. The number of carbonyl (C=O) groups is 2. The van der Waals surface area contributed by atoms with Gasteiger partial charge in [0.2, 0.25) is 0 Å². The number of halogens is 2. The van der Waals surface area contributed by atoms with Gasteiger partial charge >= 0.3 is 5.97 Å². The second-order valence-corrected chi connectivity index (χ2v) is 8.53. The number of hydrogen-bond acceptors (Lipinski definition) is 5. The number of nitrogens with one attached hydrogen (secondary N) is 1. The van der Waals surface area contributed by atoms with Crippen molar-refractivity contribution >= 4 is 51.7 Å². The third kappa shape index (κ3) is 4.64. The fourth-order valence-electron chi connectivity index (χ4n) is 3.66. The van der Waals surface area contributed by atoms with E-state index in [2.05, 4.69) is 10.3 Å². The predicted molar refractivity (Wildman–Crippen MR) is 124 cm³/mol. The number of carbonyl (C=O) groups excluding carboxylic acids is 2. The average Bonchev–Trinajstić information content (AvgIpc) is 3.01. The zero-order valence-corrected chi connectivity index (χ0v) is 18.9. The molecule has 0 radical (unpaired) electrons. The zero-order chi connectivity index (χ0) is 22.8. The van der Waals surface area contributed by atoms with Gasteiger partial charge in [-0.05, 0) is 56.2 Å². The van der Waals surface area contributed by atoms with Gasteiger partial charge in [0.05, 0.1) is 27.2 Å². The molecule has 2 heterocycles. The molecule has 1 atom stereocenters. The molecule has 1 N–H and O–H groups in total. The predicted octanol–water partition coefficient (Wildman–Crippen LogP) is 4.61. The maximum atomic E-state index is 12.8. The Labute approximate surface area is 194 Å². The monoisotopic (exact) mass is 473 g/mol. The number of anilines is 1. The van der Waals surface area contributed by atoms with Gasteiger partial charge in [0.1, 0.15) is 5.82 Å². The molecule has 0 fully saturated rings. The van der Waals surface area contributed by atoms with E-state index in [1.807, 2.05) is 0 Å². The molecule has 32 heavy (non-hydrogen) atoms. The van der Waals surface area contributed by atoms with Gasteiger partial charge in [-0.25, -0.2) is 9.78 Å². The lowest BCUT2D eigenvalue weighted by Crippen LogP contribution is -2.30. The van der Waals surface area contributed by atoms with Crippen LogP contribution in [0.5, 0.6) is 0 Å². The van der Waals surface area contributed by atoms with Crippen LogP contribution < -0.4 is 10.9 Å². The molecule has 0 saturated heterocycles. The van der Waals surface area contributed by atoms with Crippen LogP contribution in [0.2, 0.25) is 10.0 Å². The summed E-state index contributed by atoms with van der Waals surface area (Å²) in [6.45, 7) is 2.11. The number of aryl methyl sites for hydroxylation is 1. The maximum Gasteiger partial charge on any atom is 0.338 e. The largest absolute Gasteiger partial charge is 0.449 e. The second kappa shape index (κ2) is 9.30. The first kappa shape index (κ1) is 22.3. The average molecular weight is 474 g/mol. The van der Waals surface area contributed by atoms with E-state index in [0.29, 0.717) is 33.2 Å². The number of fused-ring (bicyclic) bond motifs is 2. The number of hydrogen-bond donors (Lipinski definition) is 1. The Morgan fingerprint density at radius 1 is 1.12 bits per heavy atom. The lowest BCUT2D eigenvalue weighted by atomic mass is 10.1. The SMILES string of the molecule is CC(OC(=O)c1ccc2c(=O)n3c(nc2c1)CCCCC3)C(=O)Nc1cc(Cl)ccc1Cl. The Kier molecular flexibility index (Phi) is 6.48. The van der Waals surface area contributed by atoms with Gasteiger partial charge in [-0.15, -0.1) is 0 Å². The van der Waals surface area contributed by atoms with Crippen molar-refractivity contribution in [1.29, 1.82) is 0 Å². The number of nitrogens with zero attached hydrogens (tertiary/aromatic N) is 2. The van der Waals surface area contributed by atoms with E-state index in [9.17, 15) is 14.4 Å². The van der Waals surface area contributed by atoms with E-state index in [-0.39, 0.29) is 11.1 Å². The van der Waals surface area contributed by atoms with Crippen molar-refractivity contribution in [3.8, 4) is 0 Å². The molecule has 0 aliphatic carbocycles. The quantitative estimate of drug-likeness (QED) is 0.558. The van der Waals surface area contributed by atoms with Gasteiger partial charge in [-0.1, -0.05) is 29.6 Å². The number of rotatable bonds is 4. The Balaban J connectivity index is 1.52. The molecular weight excluding hydrogens is 453 g/mol. The van der Waals surface area contributed by atoms with Gasteiger partial charge in [0.25, 0.3) is 11.5 Å². The first-order valence-electron chi connectivity index (χ1n) is 10.3. The third-order valence-electron chi connectivity index (χ3n) is 5.39. The molecule has 4 rings (SSSR count). The van der Waals surface area contributed by atoms with Crippen LogP contribution in [0, 0.1) is 0 Å². The Hall–Kier alpha value is -2.90. The van der Waals surface area contributed by atoms with Gasteiger partial charge < -0.3 is 10.1 Å². The van der Waals surface area contributed by atoms with E-state index in [0.717, 1.165) is 31.5 Å². The molecule has 3 aromatic rings. The summed E-state index contributed by atoms with van der Waals surface area (Å²) in [6.07, 6.45) is 2.62. The highest BCUT2D eigenvalue weighted by molar-refractivity contribution is 6.35. The van der Waals surface area contributed by atoms with Crippen molar-refractivity contribution in [3.63, 3.8) is 0 Å². The summed E-state index contributed by atoms with van der Waals surface area (Å²) < 4.78 is 7.04. The fourth-order valence-corrected chi connectivity index (χ4v) is 3.99. The van der Waals surface area contributed by atoms with E-state index in [4.69, 9.17) is 27.9 Å². The normalized spacial score (nSPS) is 14.3. The summed E-state index contributed by atoms with van der Waals surface area (Å²) in [5.74, 6) is -0.509. The van der Waals surface area contributed by atoms with E-state index >= 15 is 0 Å². The van der Waals surface area contributed by atoms with Crippen LogP contribution in [0.3, 0.4) is 0 Å². The van der Waals surface area contributed by atoms with Crippen molar-refractivity contribution in [3.05, 3.63) is 68.2 Å². The molecule has 2 aromatic carbocycles. The van der Waals surface area contributed by atoms with E-state index < -0.39 is 18.0 Å². The molecule has 1 amide bonds. The van der Waals surface area contributed by atoms with Crippen LogP contribution in [-0.4, -0.2) is 27.5 Å². The van der Waals surface area contributed by atoms with E-state index in [1.54, 1.807) is 22.8 Å². The number of benzene rings is 2. The minimum atomic E-state index is -1.08. The summed E-state index contributed by atoms with van der Waals surface area (Å²) >= 11 is 12.0. The van der Waals surface area contributed by atoms with Gasteiger partial charge in [0, 0.05) is 18.0 Å². The number of amides is 1. The van der Waals surface area contributed by atoms with Crippen molar-refractivity contribution in [2.24, 2.45) is 0 Å². The maximum absolute atomic E-state index is 12.8. The molecule has 1 aliphatic heterocycles. The summed E-state index contributed by atoms with van der Waals surface area (Å²) in [6, 6.07) is 9.28. The molecule has 0 saturated carbocycles. The topological polar surface area (TPSA) is 90.3 Å². The molecule has 1 aromatic heterocycles. The highest BCUT2D eigenvalue weighted by Crippen LogP contribution is 2.25. The first-order chi connectivity index (χ1) is 15.3. The molecule has 7 nitrogen and oxygen atoms in total. The Morgan fingerprint density at radius 3 is 2.75 bits per heavy atom. The molecule has 0 bridgehead atoms. The molecule has 0 spiro atoms. The minimum Gasteiger partial charge on any atom is -0.449 e. The van der Waals surface area contributed by atoms with Crippen LogP contribution in [0.4, 0.5) is 5.69 Å². The van der Waals surface area contributed by atoms with Crippen molar-refractivity contribution in [2.45, 2.75) is 45.3 Å². The Bertz CT molecular complexity index is 1270. The van der Waals surface area contributed by atoms with Crippen molar-refractivity contribution in [2.75, 3.05) is 5.32 Å². The van der Waals surface area contributed by atoms with Gasteiger partial charge in [-0.3, -0.25) is 14.2 Å². The zero-order valence-electron chi connectivity index (χ0n) is 17.4. The summed E-state index contributed by atoms with van der Waals surface area (Å²) in [7, 11) is 0. The molecule has 9 heteroatoms. The van der Waals surface area contributed by atoms with Crippen LogP contribution >= 0.6 is 23.2 Å². The number of esters is 1. The number of ether oxygens (including phenoxy) is 1. The highest BCUT2D eigenvalue weighted by atomic mass is 35.5. The van der Waals surface area contributed by atoms with Crippen LogP contribution in [0.25, 0.3) is 10.9 Å². The summed E-state index contributed by atoms with van der Waals surface area (Å²) in [5, 5.41) is 3.77. The van der Waals surface area contributed by atoms with Crippen molar-refractivity contribution < 1.29 is 14.3 Å². The summed E-state index contributed by atoms with van der Waals surface area (Å²) in [5.41, 5.74) is 0.880. The third-order valence-corrected chi connectivity index (χ3v) is 5.96. The Morgan fingerprint density at radius 2 is 1.94 bits per heavy atom. The summed E-state index contributed by atoms with van der Waals surface area (Å²) in [4.78, 5) is 42.5. The highest BCUT2D eigenvalue weighted by Gasteiger charge is 2.21. The fraction of sp³-hybridized carbons (Fsp3) is 0.304. The second-order valence-electron chi connectivity index (χ2n) is 7.69. The smallest absolute Gasteiger partial charge is 0.338 e. The van der Waals surface area contributed by atoms with Crippen LogP contribution in [0.15, 0.2) is 41.2 Å².